The number of nitrogens with zero attached hydrogens (tertiary/aromatic N) is 3. The third-order valence-electron chi connectivity index (χ3n) is 2.27. The van der Waals surface area contributed by atoms with Gasteiger partial charge in [-0.15, -0.1) is 21.8 Å². The second kappa shape index (κ2) is 4.78. The van der Waals surface area contributed by atoms with Gasteiger partial charge >= 0.3 is 6.18 Å². The highest BCUT2D eigenvalue weighted by Crippen LogP contribution is 2.33. The Morgan fingerprint density at radius 1 is 1.28 bits per heavy atom. The van der Waals surface area contributed by atoms with Gasteiger partial charge in [0.15, 0.2) is 5.82 Å². The summed E-state index contributed by atoms with van der Waals surface area (Å²) in [6, 6.07) is 3.05. The maximum Gasteiger partial charge on any atom is 0.416 e. The maximum absolute atomic E-state index is 12.5. The molecule has 18 heavy (non-hydrogen) atoms. The average molecular weight is 296 g/mol. The molecule has 0 N–H and O–H groups in total. The van der Waals surface area contributed by atoms with Crippen molar-refractivity contribution in [3.63, 3.8) is 0 Å². The highest BCUT2D eigenvalue weighted by molar-refractivity contribution is 6.32. The molecule has 0 radical (unpaired) electrons. The lowest BCUT2D eigenvalue weighted by Gasteiger charge is -2.11. The molecule has 0 aliphatic carbocycles. The first-order valence-electron chi connectivity index (χ1n) is 4.75. The van der Waals surface area contributed by atoms with Crippen LogP contribution < -0.4 is 0 Å². The van der Waals surface area contributed by atoms with Crippen molar-refractivity contribution in [1.29, 1.82) is 0 Å². The van der Waals surface area contributed by atoms with Crippen LogP contribution in [0.15, 0.2) is 24.5 Å². The lowest BCUT2D eigenvalue weighted by Crippen LogP contribution is -2.06. The summed E-state index contributed by atoms with van der Waals surface area (Å²) < 4.78 is 38.9. The van der Waals surface area contributed by atoms with Crippen molar-refractivity contribution in [2.45, 2.75) is 12.1 Å². The lowest BCUT2D eigenvalue weighted by atomic mass is 10.2. The Morgan fingerprint density at radius 2 is 2.00 bits per heavy atom. The molecule has 0 aliphatic rings. The van der Waals surface area contributed by atoms with Crippen LogP contribution in [0.4, 0.5) is 13.2 Å². The van der Waals surface area contributed by atoms with Crippen LogP contribution in [0, 0.1) is 0 Å². The normalized spacial score (nSPS) is 11.8. The molecule has 0 bridgehead atoms. The monoisotopic (exact) mass is 295 g/mol. The minimum absolute atomic E-state index is 0.0454. The molecule has 0 aliphatic heterocycles. The van der Waals surface area contributed by atoms with Gasteiger partial charge in [-0.05, 0) is 18.2 Å². The minimum Gasteiger partial charge on any atom is -0.283 e. The summed E-state index contributed by atoms with van der Waals surface area (Å²) in [6.45, 7) is 0. The van der Waals surface area contributed by atoms with Crippen LogP contribution >= 0.6 is 23.2 Å². The predicted molar refractivity (Wildman–Crippen MR) is 60.9 cm³/mol. The third kappa shape index (κ3) is 2.44. The highest BCUT2D eigenvalue weighted by atomic mass is 35.5. The zero-order chi connectivity index (χ0) is 13.3. The van der Waals surface area contributed by atoms with Crippen LogP contribution in [0.2, 0.25) is 5.02 Å². The third-order valence-corrected chi connectivity index (χ3v) is 2.81. The molecule has 0 amide bonds. The summed E-state index contributed by atoms with van der Waals surface area (Å²) in [7, 11) is 0. The fourth-order valence-corrected chi connectivity index (χ4v) is 1.88. The van der Waals surface area contributed by atoms with Gasteiger partial charge in [-0.1, -0.05) is 11.6 Å². The number of hydrogen-bond donors (Lipinski definition) is 0. The quantitative estimate of drug-likeness (QED) is 0.791. The van der Waals surface area contributed by atoms with E-state index in [-0.39, 0.29) is 10.9 Å². The summed E-state index contributed by atoms with van der Waals surface area (Å²) in [6.07, 6.45) is -3.09. The second-order valence-corrected chi connectivity index (χ2v) is 4.09. The van der Waals surface area contributed by atoms with E-state index in [9.17, 15) is 13.2 Å². The molecule has 8 heteroatoms. The van der Waals surface area contributed by atoms with Gasteiger partial charge in [0.25, 0.3) is 0 Å². The Morgan fingerprint density at radius 3 is 2.56 bits per heavy atom. The van der Waals surface area contributed by atoms with Crippen molar-refractivity contribution >= 4 is 23.2 Å². The van der Waals surface area contributed by atoms with Gasteiger partial charge in [-0.25, -0.2) is 0 Å². The van der Waals surface area contributed by atoms with Crippen LogP contribution in [0.5, 0.6) is 0 Å². The topological polar surface area (TPSA) is 30.7 Å². The van der Waals surface area contributed by atoms with E-state index in [1.165, 1.54) is 17.0 Å². The molecule has 0 saturated carbocycles. The van der Waals surface area contributed by atoms with Crippen molar-refractivity contribution in [2.75, 3.05) is 0 Å². The van der Waals surface area contributed by atoms with Gasteiger partial charge in [0.05, 0.1) is 22.2 Å². The number of rotatable bonds is 2. The van der Waals surface area contributed by atoms with Crippen LogP contribution in [0.3, 0.4) is 0 Å². The van der Waals surface area contributed by atoms with Gasteiger partial charge in [0, 0.05) is 0 Å². The van der Waals surface area contributed by atoms with Gasteiger partial charge in [0.1, 0.15) is 6.33 Å². The molecule has 1 heterocycles. The van der Waals surface area contributed by atoms with Gasteiger partial charge in [-0.2, -0.15) is 13.2 Å². The number of benzene rings is 1. The summed E-state index contributed by atoms with van der Waals surface area (Å²) in [4.78, 5) is 0. The Kier molecular flexibility index (Phi) is 3.49. The Labute approximate surface area is 110 Å². The van der Waals surface area contributed by atoms with E-state index in [0.29, 0.717) is 11.5 Å². The Bertz CT molecular complexity index is 566. The number of aromatic nitrogens is 3. The van der Waals surface area contributed by atoms with E-state index in [1.54, 1.807) is 0 Å². The molecular formula is C10H6Cl2F3N3. The molecule has 96 valence electrons. The average Bonchev–Trinajstić information content (AvgIpc) is 2.75. The molecule has 0 fully saturated rings. The first-order chi connectivity index (χ1) is 8.43. The number of halogens is 5. The van der Waals surface area contributed by atoms with Crippen LogP contribution in [-0.4, -0.2) is 14.8 Å². The zero-order valence-corrected chi connectivity index (χ0v) is 10.3. The minimum atomic E-state index is -4.43. The van der Waals surface area contributed by atoms with Crippen molar-refractivity contribution < 1.29 is 13.2 Å². The van der Waals surface area contributed by atoms with Gasteiger partial charge < -0.3 is 0 Å². The molecule has 3 nitrogen and oxygen atoms in total. The van der Waals surface area contributed by atoms with Crippen molar-refractivity contribution in [1.82, 2.24) is 14.8 Å². The van der Waals surface area contributed by atoms with E-state index in [1.807, 2.05) is 0 Å². The summed E-state index contributed by atoms with van der Waals surface area (Å²) in [5, 5.41) is 7.31. The molecule has 1 aromatic carbocycles. The molecule has 1 aromatic heterocycles. The zero-order valence-electron chi connectivity index (χ0n) is 8.75. The smallest absolute Gasteiger partial charge is 0.283 e. The first-order valence-corrected chi connectivity index (χ1v) is 5.66. The molecule has 2 aromatic rings. The van der Waals surface area contributed by atoms with Crippen LogP contribution in [-0.2, 0) is 12.1 Å². The fraction of sp³-hybridized carbons (Fsp3) is 0.200. The van der Waals surface area contributed by atoms with Crippen LogP contribution in [0.25, 0.3) is 5.69 Å². The van der Waals surface area contributed by atoms with Gasteiger partial charge in [0.2, 0.25) is 0 Å². The fourth-order valence-electron chi connectivity index (χ4n) is 1.43. The second-order valence-electron chi connectivity index (χ2n) is 3.41. The van der Waals surface area contributed by atoms with Crippen molar-refractivity contribution in [3.8, 4) is 5.69 Å². The van der Waals surface area contributed by atoms with E-state index >= 15 is 0 Å². The summed E-state index contributed by atoms with van der Waals surface area (Å²) in [5.41, 5.74) is -0.456. The largest absolute Gasteiger partial charge is 0.416 e. The lowest BCUT2D eigenvalue weighted by molar-refractivity contribution is -0.137. The molecule has 2 rings (SSSR count). The maximum atomic E-state index is 12.5. The number of alkyl halides is 4. The van der Waals surface area contributed by atoms with Crippen molar-refractivity contribution in [3.05, 3.63) is 40.9 Å². The molecule has 0 spiro atoms. The number of hydrogen-bond acceptors (Lipinski definition) is 2. The molecule has 0 unspecified atom stereocenters. The van der Waals surface area contributed by atoms with Crippen molar-refractivity contribution in [2.24, 2.45) is 0 Å². The Balaban J connectivity index is 2.48. The van der Waals surface area contributed by atoms with Gasteiger partial charge in [-0.3, -0.25) is 4.57 Å². The SMILES string of the molecule is FC(F)(F)c1ccc(-n2cnnc2CCl)c(Cl)c1. The van der Waals surface area contributed by atoms with E-state index < -0.39 is 11.7 Å². The molecular weight excluding hydrogens is 290 g/mol. The molecule has 0 saturated heterocycles. The first kappa shape index (κ1) is 13.2. The molecule has 0 atom stereocenters. The standard InChI is InChI=1S/C10H6Cl2F3N3/c11-4-9-17-16-5-18(9)8-2-1-6(3-7(8)12)10(13,14)15/h1-3,5H,4H2. The predicted octanol–water partition coefficient (Wildman–Crippen LogP) is 3.68. The summed E-state index contributed by atoms with van der Waals surface area (Å²) in [5.74, 6) is 0.482. The Hall–Kier alpha value is -1.27. The van der Waals surface area contributed by atoms with E-state index in [0.717, 1.165) is 12.1 Å². The summed E-state index contributed by atoms with van der Waals surface area (Å²) >= 11 is 11.5. The highest BCUT2D eigenvalue weighted by Gasteiger charge is 2.31. The van der Waals surface area contributed by atoms with E-state index in [4.69, 9.17) is 23.2 Å². The van der Waals surface area contributed by atoms with Crippen LogP contribution in [0.1, 0.15) is 11.4 Å². The van der Waals surface area contributed by atoms with E-state index in [2.05, 4.69) is 10.2 Å².